The predicted molar refractivity (Wildman–Crippen MR) is 59.8 cm³/mol. The van der Waals surface area contributed by atoms with E-state index in [0.29, 0.717) is 38.0 Å². The predicted octanol–water partition coefficient (Wildman–Crippen LogP) is 2.18. The third kappa shape index (κ3) is 1.51. The van der Waals surface area contributed by atoms with Crippen molar-refractivity contribution in [2.75, 3.05) is 6.61 Å². The second-order valence-electron chi connectivity index (χ2n) is 4.59. The normalized spacial score (nSPS) is 29.3. The lowest BCUT2D eigenvalue weighted by molar-refractivity contribution is -0.126. The minimum atomic E-state index is -0.440. The molecule has 0 heterocycles. The van der Waals surface area contributed by atoms with E-state index in [0.717, 1.165) is 5.57 Å². The van der Waals surface area contributed by atoms with Crippen molar-refractivity contribution in [1.82, 2.24) is 0 Å². The number of ether oxygens (including phenoxy) is 1. The molecular formula is C13H16O3. The van der Waals surface area contributed by atoms with Crippen molar-refractivity contribution in [2.24, 2.45) is 5.41 Å². The number of hydrogen-bond acceptors (Lipinski definition) is 3. The fraction of sp³-hybridized carbons (Fsp3) is 0.538. The molecule has 16 heavy (non-hydrogen) atoms. The second-order valence-corrected chi connectivity index (χ2v) is 4.59. The summed E-state index contributed by atoms with van der Waals surface area (Å²) >= 11 is 0. The van der Waals surface area contributed by atoms with Crippen LogP contribution in [0.4, 0.5) is 0 Å². The molecule has 0 spiro atoms. The van der Waals surface area contributed by atoms with Crippen molar-refractivity contribution in [3.8, 4) is 0 Å². The average molecular weight is 220 g/mol. The molecule has 1 saturated carbocycles. The first kappa shape index (κ1) is 11.1. The van der Waals surface area contributed by atoms with Crippen molar-refractivity contribution in [1.29, 1.82) is 0 Å². The fourth-order valence-corrected chi connectivity index (χ4v) is 2.57. The van der Waals surface area contributed by atoms with Gasteiger partial charge in [-0.3, -0.25) is 9.59 Å². The van der Waals surface area contributed by atoms with Crippen molar-refractivity contribution in [3.05, 3.63) is 24.0 Å². The summed E-state index contributed by atoms with van der Waals surface area (Å²) in [6.45, 7) is 5.82. The number of allylic oxidation sites excluding steroid dienone is 2. The molecule has 2 aliphatic carbocycles. The summed E-state index contributed by atoms with van der Waals surface area (Å²) in [6.07, 6.45) is 3.89. The van der Waals surface area contributed by atoms with Gasteiger partial charge in [-0.1, -0.05) is 12.7 Å². The Morgan fingerprint density at radius 3 is 2.81 bits per heavy atom. The molecule has 0 unspecified atom stereocenters. The van der Waals surface area contributed by atoms with E-state index in [-0.39, 0.29) is 11.6 Å². The van der Waals surface area contributed by atoms with Crippen molar-refractivity contribution >= 4 is 11.6 Å². The first-order chi connectivity index (χ1) is 7.59. The first-order valence-corrected chi connectivity index (χ1v) is 5.63. The van der Waals surface area contributed by atoms with Crippen LogP contribution in [0.15, 0.2) is 24.0 Å². The van der Waals surface area contributed by atoms with E-state index >= 15 is 0 Å². The third-order valence-electron chi connectivity index (χ3n) is 3.61. The van der Waals surface area contributed by atoms with E-state index < -0.39 is 5.41 Å². The number of Topliss-reactive ketones (excluding diaryl/α,β-unsaturated/α-hetero) is 2. The molecule has 0 bridgehead atoms. The highest BCUT2D eigenvalue weighted by Crippen LogP contribution is 2.48. The molecule has 3 heteroatoms. The minimum absolute atomic E-state index is 0.0315. The Labute approximate surface area is 95.2 Å². The van der Waals surface area contributed by atoms with E-state index in [1.807, 2.05) is 6.92 Å². The topological polar surface area (TPSA) is 43.4 Å². The van der Waals surface area contributed by atoms with E-state index in [9.17, 15) is 9.59 Å². The standard InChI is InChI=1S/C13H16O3/c1-3-8-16-12-9-4-5-11(15)13(9,2)7-6-10(12)14/h3H,1,4-8H2,2H3/t13-/m1/s1. The molecule has 0 aliphatic heterocycles. The summed E-state index contributed by atoms with van der Waals surface area (Å²) in [5, 5.41) is 0. The number of fused-ring (bicyclic) bond motifs is 1. The van der Waals surface area contributed by atoms with Crippen LogP contribution < -0.4 is 0 Å². The number of rotatable bonds is 3. The third-order valence-corrected chi connectivity index (χ3v) is 3.61. The molecular weight excluding hydrogens is 204 g/mol. The molecule has 1 fully saturated rings. The lowest BCUT2D eigenvalue weighted by atomic mass is 9.74. The van der Waals surface area contributed by atoms with E-state index in [4.69, 9.17) is 4.74 Å². The summed E-state index contributed by atoms with van der Waals surface area (Å²) in [4.78, 5) is 23.6. The van der Waals surface area contributed by atoms with Gasteiger partial charge in [0.1, 0.15) is 12.4 Å². The van der Waals surface area contributed by atoms with Crippen LogP contribution in [-0.2, 0) is 14.3 Å². The molecule has 3 nitrogen and oxygen atoms in total. The largest absolute Gasteiger partial charge is 0.486 e. The SMILES string of the molecule is C=CCOC1=C2CCC(=O)[C@]2(C)CCC1=O. The van der Waals surface area contributed by atoms with Gasteiger partial charge in [0.05, 0.1) is 5.41 Å². The van der Waals surface area contributed by atoms with Crippen molar-refractivity contribution < 1.29 is 14.3 Å². The smallest absolute Gasteiger partial charge is 0.197 e. The summed E-state index contributed by atoms with van der Waals surface area (Å²) in [5.74, 6) is 0.707. The van der Waals surface area contributed by atoms with Gasteiger partial charge in [0.2, 0.25) is 0 Å². The molecule has 0 radical (unpaired) electrons. The highest BCUT2D eigenvalue weighted by molar-refractivity contribution is 6.01. The highest BCUT2D eigenvalue weighted by atomic mass is 16.5. The molecule has 2 aliphatic rings. The van der Waals surface area contributed by atoms with E-state index in [1.165, 1.54) is 0 Å². The molecule has 0 amide bonds. The Kier molecular flexibility index (Phi) is 2.70. The Morgan fingerprint density at radius 1 is 1.38 bits per heavy atom. The monoisotopic (exact) mass is 220 g/mol. The lowest BCUT2D eigenvalue weighted by Crippen LogP contribution is -2.31. The zero-order valence-electron chi connectivity index (χ0n) is 9.54. The average Bonchev–Trinajstić information content (AvgIpc) is 2.56. The zero-order chi connectivity index (χ0) is 11.8. The molecule has 0 aromatic carbocycles. The van der Waals surface area contributed by atoms with Gasteiger partial charge < -0.3 is 4.74 Å². The molecule has 86 valence electrons. The Morgan fingerprint density at radius 2 is 2.12 bits per heavy atom. The number of ketones is 2. The van der Waals surface area contributed by atoms with Crippen LogP contribution >= 0.6 is 0 Å². The van der Waals surface area contributed by atoms with E-state index in [2.05, 4.69) is 6.58 Å². The zero-order valence-corrected chi connectivity index (χ0v) is 9.54. The first-order valence-electron chi connectivity index (χ1n) is 5.63. The molecule has 2 rings (SSSR count). The number of carbonyl (C=O) groups excluding carboxylic acids is 2. The van der Waals surface area contributed by atoms with Crippen LogP contribution in [-0.4, -0.2) is 18.2 Å². The molecule has 1 atom stereocenters. The quantitative estimate of drug-likeness (QED) is 0.685. The number of carbonyl (C=O) groups is 2. The Balaban J connectivity index is 2.39. The van der Waals surface area contributed by atoms with Gasteiger partial charge >= 0.3 is 0 Å². The Hall–Kier alpha value is -1.38. The lowest BCUT2D eigenvalue weighted by Gasteiger charge is -2.30. The van der Waals surface area contributed by atoms with Gasteiger partial charge in [0.15, 0.2) is 11.5 Å². The van der Waals surface area contributed by atoms with Crippen LogP contribution in [0.3, 0.4) is 0 Å². The maximum absolute atomic E-state index is 11.8. The van der Waals surface area contributed by atoms with Gasteiger partial charge in [-0.25, -0.2) is 0 Å². The molecule has 0 saturated heterocycles. The summed E-state index contributed by atoms with van der Waals surface area (Å²) in [5.41, 5.74) is 0.473. The molecule has 0 aromatic rings. The number of hydrogen-bond donors (Lipinski definition) is 0. The Bertz CT molecular complexity index is 392. The maximum atomic E-state index is 11.8. The van der Waals surface area contributed by atoms with Crippen LogP contribution in [0.25, 0.3) is 0 Å². The van der Waals surface area contributed by atoms with Gasteiger partial charge in [-0.15, -0.1) is 0 Å². The van der Waals surface area contributed by atoms with Gasteiger partial charge in [-0.05, 0) is 25.3 Å². The maximum Gasteiger partial charge on any atom is 0.197 e. The highest BCUT2D eigenvalue weighted by Gasteiger charge is 2.47. The van der Waals surface area contributed by atoms with Gasteiger partial charge in [0.25, 0.3) is 0 Å². The summed E-state index contributed by atoms with van der Waals surface area (Å²) < 4.78 is 5.43. The molecule has 0 aromatic heterocycles. The van der Waals surface area contributed by atoms with Crippen LogP contribution in [0.5, 0.6) is 0 Å². The fourth-order valence-electron chi connectivity index (χ4n) is 2.57. The van der Waals surface area contributed by atoms with Crippen LogP contribution in [0.2, 0.25) is 0 Å². The van der Waals surface area contributed by atoms with Crippen molar-refractivity contribution in [3.63, 3.8) is 0 Å². The molecule has 0 N–H and O–H groups in total. The second kappa shape index (κ2) is 3.89. The minimum Gasteiger partial charge on any atom is -0.486 e. The summed E-state index contributed by atoms with van der Waals surface area (Å²) in [7, 11) is 0. The summed E-state index contributed by atoms with van der Waals surface area (Å²) in [6, 6.07) is 0. The van der Waals surface area contributed by atoms with Crippen molar-refractivity contribution in [2.45, 2.75) is 32.6 Å². The van der Waals surface area contributed by atoms with Gasteiger partial charge in [0, 0.05) is 12.8 Å². The van der Waals surface area contributed by atoms with Crippen LogP contribution in [0.1, 0.15) is 32.6 Å². The van der Waals surface area contributed by atoms with Gasteiger partial charge in [-0.2, -0.15) is 0 Å². The van der Waals surface area contributed by atoms with Crippen LogP contribution in [0, 0.1) is 5.41 Å². The van der Waals surface area contributed by atoms with E-state index in [1.54, 1.807) is 6.08 Å².